The second kappa shape index (κ2) is 7.71. The van der Waals surface area contributed by atoms with Crippen molar-refractivity contribution in [2.75, 3.05) is 26.2 Å². The summed E-state index contributed by atoms with van der Waals surface area (Å²) in [6.45, 7) is 0.140. The van der Waals surface area contributed by atoms with E-state index in [1.807, 2.05) is 0 Å². The summed E-state index contributed by atoms with van der Waals surface area (Å²) in [6.07, 6.45) is 0. The van der Waals surface area contributed by atoms with E-state index in [4.69, 9.17) is 23.2 Å². The molecule has 0 radical (unpaired) electrons. The van der Waals surface area contributed by atoms with Gasteiger partial charge in [0.2, 0.25) is 10.0 Å². The molecule has 0 spiro atoms. The van der Waals surface area contributed by atoms with E-state index < -0.39 is 27.6 Å². The molecule has 27 heavy (non-hydrogen) atoms. The predicted molar refractivity (Wildman–Crippen MR) is 97.5 cm³/mol. The fourth-order valence-corrected chi connectivity index (χ4v) is 4.57. The van der Waals surface area contributed by atoms with E-state index >= 15 is 0 Å². The van der Waals surface area contributed by atoms with Crippen LogP contribution in [0, 0.1) is 11.6 Å². The summed E-state index contributed by atoms with van der Waals surface area (Å²) in [7, 11) is -3.81. The summed E-state index contributed by atoms with van der Waals surface area (Å²) >= 11 is 11.7. The molecule has 1 heterocycles. The molecule has 0 N–H and O–H groups in total. The monoisotopic (exact) mass is 434 g/mol. The Balaban J connectivity index is 1.74. The first-order chi connectivity index (χ1) is 12.7. The Morgan fingerprint density at radius 1 is 0.963 bits per heavy atom. The Morgan fingerprint density at radius 2 is 1.63 bits per heavy atom. The Hall–Kier alpha value is -1.74. The van der Waals surface area contributed by atoms with E-state index in [0.29, 0.717) is 0 Å². The lowest BCUT2D eigenvalue weighted by molar-refractivity contribution is 0.0692. The standard InChI is InChI=1S/C17H14Cl2F2N2O3S/c18-13-5-4-11(10-14(13)19)27(25,26)23-8-6-22(7-9-23)17(24)12-2-1-3-15(20)16(12)21/h1-5,10H,6-9H2. The van der Waals surface area contributed by atoms with Crippen molar-refractivity contribution in [1.82, 2.24) is 9.21 Å². The third-order valence-electron chi connectivity index (χ3n) is 4.24. The van der Waals surface area contributed by atoms with Gasteiger partial charge in [-0.05, 0) is 30.3 Å². The number of sulfonamides is 1. The second-order valence-electron chi connectivity index (χ2n) is 5.87. The minimum Gasteiger partial charge on any atom is -0.336 e. The largest absolute Gasteiger partial charge is 0.336 e. The molecule has 0 atom stereocenters. The van der Waals surface area contributed by atoms with Crippen LogP contribution in [0.1, 0.15) is 10.4 Å². The number of halogens is 4. The van der Waals surface area contributed by atoms with Crippen molar-refractivity contribution in [2.24, 2.45) is 0 Å². The molecule has 144 valence electrons. The molecule has 2 aromatic rings. The third kappa shape index (κ3) is 3.94. The SMILES string of the molecule is O=C(c1cccc(F)c1F)N1CCN(S(=O)(=O)c2ccc(Cl)c(Cl)c2)CC1. The van der Waals surface area contributed by atoms with Crippen molar-refractivity contribution < 1.29 is 22.0 Å². The van der Waals surface area contributed by atoms with Gasteiger partial charge >= 0.3 is 0 Å². The molecule has 1 aliphatic rings. The number of hydrogen-bond acceptors (Lipinski definition) is 3. The van der Waals surface area contributed by atoms with Crippen molar-refractivity contribution in [1.29, 1.82) is 0 Å². The zero-order valence-corrected chi connectivity index (χ0v) is 16.2. The molecule has 0 saturated carbocycles. The van der Waals surface area contributed by atoms with Gasteiger partial charge in [0.15, 0.2) is 11.6 Å². The van der Waals surface area contributed by atoms with E-state index in [2.05, 4.69) is 0 Å². The van der Waals surface area contributed by atoms with Crippen LogP contribution in [-0.2, 0) is 10.0 Å². The lowest BCUT2D eigenvalue weighted by Gasteiger charge is -2.34. The molecule has 5 nitrogen and oxygen atoms in total. The first-order valence-corrected chi connectivity index (χ1v) is 10.1. The van der Waals surface area contributed by atoms with E-state index in [1.54, 1.807) is 0 Å². The van der Waals surface area contributed by atoms with Gasteiger partial charge in [-0.1, -0.05) is 29.3 Å². The van der Waals surface area contributed by atoms with Crippen molar-refractivity contribution in [2.45, 2.75) is 4.90 Å². The van der Waals surface area contributed by atoms with Crippen molar-refractivity contribution in [3.8, 4) is 0 Å². The molecule has 0 aromatic heterocycles. The second-order valence-corrected chi connectivity index (χ2v) is 8.63. The van der Waals surface area contributed by atoms with Crippen LogP contribution in [0.2, 0.25) is 10.0 Å². The number of piperazine rings is 1. The lowest BCUT2D eigenvalue weighted by atomic mass is 10.1. The minimum atomic E-state index is -3.81. The summed E-state index contributed by atoms with van der Waals surface area (Å²) in [5.74, 6) is -3.01. The minimum absolute atomic E-state index is 0.00662. The van der Waals surface area contributed by atoms with Crippen LogP contribution in [0.3, 0.4) is 0 Å². The highest BCUT2D eigenvalue weighted by Gasteiger charge is 2.31. The number of carbonyl (C=O) groups is 1. The Morgan fingerprint density at radius 3 is 2.26 bits per heavy atom. The zero-order valence-electron chi connectivity index (χ0n) is 13.8. The maximum absolute atomic E-state index is 13.8. The highest BCUT2D eigenvalue weighted by Crippen LogP contribution is 2.27. The van der Waals surface area contributed by atoms with Crippen LogP contribution in [0.5, 0.6) is 0 Å². The quantitative estimate of drug-likeness (QED) is 0.743. The Kier molecular flexibility index (Phi) is 5.71. The van der Waals surface area contributed by atoms with E-state index in [0.717, 1.165) is 6.07 Å². The van der Waals surface area contributed by atoms with Crippen molar-refractivity contribution in [3.63, 3.8) is 0 Å². The fourth-order valence-electron chi connectivity index (χ4n) is 2.76. The molecule has 2 aromatic carbocycles. The first-order valence-electron chi connectivity index (χ1n) is 7.90. The molecule has 0 unspecified atom stereocenters. The predicted octanol–water partition coefficient (Wildman–Crippen LogP) is 3.42. The molecule has 1 aliphatic heterocycles. The molecule has 1 saturated heterocycles. The smallest absolute Gasteiger partial charge is 0.257 e. The molecule has 1 amide bonds. The van der Waals surface area contributed by atoms with Gasteiger partial charge < -0.3 is 4.90 Å². The van der Waals surface area contributed by atoms with Gasteiger partial charge in [-0.25, -0.2) is 17.2 Å². The zero-order chi connectivity index (χ0) is 19.8. The Labute approximate surface area is 165 Å². The molecule has 0 bridgehead atoms. The fraction of sp³-hybridized carbons (Fsp3) is 0.235. The number of carbonyl (C=O) groups excluding carboxylic acids is 1. The summed E-state index contributed by atoms with van der Waals surface area (Å²) in [5.41, 5.74) is -0.379. The van der Waals surface area contributed by atoms with E-state index in [-0.39, 0.29) is 46.7 Å². The molecule has 1 fully saturated rings. The Bertz CT molecular complexity index is 994. The van der Waals surface area contributed by atoms with E-state index in [9.17, 15) is 22.0 Å². The molecular formula is C17H14Cl2F2N2O3S. The summed E-state index contributed by atoms with van der Waals surface area (Å²) in [4.78, 5) is 13.7. The number of nitrogens with zero attached hydrogens (tertiary/aromatic N) is 2. The normalized spacial score (nSPS) is 15.8. The first kappa shape index (κ1) is 20.0. The molecule has 3 rings (SSSR count). The molecular weight excluding hydrogens is 421 g/mol. The van der Waals surface area contributed by atoms with Crippen LogP contribution in [0.25, 0.3) is 0 Å². The van der Waals surface area contributed by atoms with Crippen LogP contribution >= 0.6 is 23.2 Å². The van der Waals surface area contributed by atoms with Crippen LogP contribution in [0.4, 0.5) is 8.78 Å². The molecule has 10 heteroatoms. The maximum atomic E-state index is 13.8. The lowest BCUT2D eigenvalue weighted by Crippen LogP contribution is -2.50. The van der Waals surface area contributed by atoms with Crippen LogP contribution in [0.15, 0.2) is 41.3 Å². The van der Waals surface area contributed by atoms with E-state index in [1.165, 1.54) is 39.5 Å². The number of amides is 1. The van der Waals surface area contributed by atoms with Gasteiger partial charge in [-0.15, -0.1) is 0 Å². The average Bonchev–Trinajstić information content (AvgIpc) is 2.65. The highest BCUT2D eigenvalue weighted by molar-refractivity contribution is 7.89. The molecule has 0 aliphatic carbocycles. The highest BCUT2D eigenvalue weighted by atomic mass is 35.5. The third-order valence-corrected chi connectivity index (χ3v) is 6.87. The van der Waals surface area contributed by atoms with Gasteiger partial charge in [0.1, 0.15) is 0 Å². The van der Waals surface area contributed by atoms with Crippen molar-refractivity contribution >= 4 is 39.1 Å². The van der Waals surface area contributed by atoms with Gasteiger partial charge in [0.25, 0.3) is 5.91 Å². The average molecular weight is 435 g/mol. The van der Waals surface area contributed by atoms with Gasteiger partial charge in [-0.3, -0.25) is 4.79 Å². The number of rotatable bonds is 3. The number of benzene rings is 2. The van der Waals surface area contributed by atoms with Gasteiger partial charge in [-0.2, -0.15) is 4.31 Å². The summed E-state index contributed by atoms with van der Waals surface area (Å²) in [5, 5.41) is 0.358. The maximum Gasteiger partial charge on any atom is 0.257 e. The summed E-state index contributed by atoms with van der Waals surface area (Å²) < 4.78 is 53.8. The van der Waals surface area contributed by atoms with Gasteiger partial charge in [0, 0.05) is 26.2 Å². The van der Waals surface area contributed by atoms with Crippen molar-refractivity contribution in [3.05, 3.63) is 63.6 Å². The summed E-state index contributed by atoms with van der Waals surface area (Å²) in [6, 6.07) is 7.37. The number of hydrogen-bond donors (Lipinski definition) is 0. The topological polar surface area (TPSA) is 57.7 Å². The van der Waals surface area contributed by atoms with Crippen LogP contribution < -0.4 is 0 Å². The van der Waals surface area contributed by atoms with Gasteiger partial charge in [0.05, 0.1) is 20.5 Å². The van der Waals surface area contributed by atoms with Crippen LogP contribution in [-0.4, -0.2) is 49.7 Å².